The highest BCUT2D eigenvalue weighted by molar-refractivity contribution is 5.18. The SMILES string of the molecule is COCCNCc1ccc(C#N)o1. The highest BCUT2D eigenvalue weighted by Gasteiger charge is 1.99. The van der Waals surface area contributed by atoms with Crippen molar-refractivity contribution in [2.45, 2.75) is 6.54 Å². The van der Waals surface area contributed by atoms with E-state index in [1.165, 1.54) is 0 Å². The third-order valence-electron chi connectivity index (χ3n) is 1.55. The summed E-state index contributed by atoms with van der Waals surface area (Å²) in [5.41, 5.74) is 0. The van der Waals surface area contributed by atoms with Gasteiger partial charge in [-0.15, -0.1) is 0 Å². The summed E-state index contributed by atoms with van der Waals surface area (Å²) < 4.78 is 10.0. The molecule has 0 aliphatic heterocycles. The smallest absolute Gasteiger partial charge is 0.203 e. The number of ether oxygens (including phenoxy) is 1. The Bertz CT molecular complexity index is 288. The molecule has 0 bridgehead atoms. The summed E-state index contributed by atoms with van der Waals surface area (Å²) in [5.74, 6) is 1.12. The van der Waals surface area contributed by atoms with E-state index in [1.807, 2.05) is 6.07 Å². The lowest BCUT2D eigenvalue weighted by molar-refractivity contribution is 0.198. The summed E-state index contributed by atoms with van der Waals surface area (Å²) in [6, 6.07) is 5.38. The number of hydrogen-bond donors (Lipinski definition) is 1. The molecule has 0 aliphatic rings. The van der Waals surface area contributed by atoms with Gasteiger partial charge in [0.25, 0.3) is 0 Å². The van der Waals surface area contributed by atoms with Crippen LogP contribution in [0.25, 0.3) is 0 Å². The Hall–Kier alpha value is -1.31. The molecule has 1 rings (SSSR count). The summed E-state index contributed by atoms with van der Waals surface area (Å²) in [7, 11) is 1.66. The molecule has 0 spiro atoms. The molecule has 0 amide bonds. The van der Waals surface area contributed by atoms with Crippen molar-refractivity contribution in [1.82, 2.24) is 5.32 Å². The third kappa shape index (κ3) is 3.28. The second kappa shape index (κ2) is 5.36. The maximum atomic E-state index is 8.48. The molecule has 1 heterocycles. The lowest BCUT2D eigenvalue weighted by Gasteiger charge is -2.00. The molecular weight excluding hydrogens is 168 g/mol. The van der Waals surface area contributed by atoms with E-state index in [2.05, 4.69) is 5.32 Å². The third-order valence-corrected chi connectivity index (χ3v) is 1.55. The molecule has 0 aromatic carbocycles. The van der Waals surface area contributed by atoms with Crippen LogP contribution in [0.2, 0.25) is 0 Å². The first-order valence-electron chi connectivity index (χ1n) is 4.05. The van der Waals surface area contributed by atoms with E-state index in [1.54, 1.807) is 19.2 Å². The number of furan rings is 1. The molecule has 0 saturated heterocycles. The van der Waals surface area contributed by atoms with Crippen LogP contribution in [-0.4, -0.2) is 20.3 Å². The van der Waals surface area contributed by atoms with Crippen LogP contribution < -0.4 is 5.32 Å². The molecule has 1 aromatic rings. The van der Waals surface area contributed by atoms with Gasteiger partial charge in [-0.25, -0.2) is 0 Å². The summed E-state index contributed by atoms with van der Waals surface area (Å²) in [5, 5.41) is 11.6. The van der Waals surface area contributed by atoms with Gasteiger partial charge in [-0.2, -0.15) is 5.26 Å². The second-order valence-corrected chi connectivity index (χ2v) is 2.55. The fourth-order valence-electron chi connectivity index (χ4n) is 0.919. The molecular formula is C9H12N2O2. The Morgan fingerprint density at radius 3 is 3.08 bits per heavy atom. The number of nitrogens with zero attached hydrogens (tertiary/aromatic N) is 1. The predicted molar refractivity (Wildman–Crippen MR) is 47.0 cm³/mol. The van der Waals surface area contributed by atoms with E-state index in [-0.39, 0.29) is 0 Å². The number of hydrogen-bond acceptors (Lipinski definition) is 4. The van der Waals surface area contributed by atoms with Gasteiger partial charge in [0.15, 0.2) is 0 Å². The van der Waals surface area contributed by atoms with E-state index in [0.29, 0.717) is 18.9 Å². The van der Waals surface area contributed by atoms with Crippen molar-refractivity contribution >= 4 is 0 Å². The van der Waals surface area contributed by atoms with Crippen molar-refractivity contribution in [3.63, 3.8) is 0 Å². The van der Waals surface area contributed by atoms with Gasteiger partial charge in [-0.05, 0) is 12.1 Å². The molecule has 0 fully saturated rings. The zero-order valence-electron chi connectivity index (χ0n) is 7.54. The van der Waals surface area contributed by atoms with Gasteiger partial charge in [-0.3, -0.25) is 0 Å². The maximum absolute atomic E-state index is 8.48. The molecule has 0 saturated carbocycles. The molecule has 0 radical (unpaired) electrons. The first kappa shape index (κ1) is 9.78. The Balaban J connectivity index is 2.25. The van der Waals surface area contributed by atoms with Crippen LogP contribution >= 0.6 is 0 Å². The highest BCUT2D eigenvalue weighted by Crippen LogP contribution is 2.05. The fraction of sp³-hybridized carbons (Fsp3) is 0.444. The van der Waals surface area contributed by atoms with E-state index in [9.17, 15) is 0 Å². The average Bonchev–Trinajstić information content (AvgIpc) is 2.60. The molecule has 1 N–H and O–H groups in total. The highest BCUT2D eigenvalue weighted by atomic mass is 16.5. The zero-order valence-corrected chi connectivity index (χ0v) is 7.54. The van der Waals surface area contributed by atoms with Crippen LogP contribution in [0.4, 0.5) is 0 Å². The lowest BCUT2D eigenvalue weighted by Crippen LogP contribution is -2.18. The predicted octanol–water partition coefficient (Wildman–Crippen LogP) is 0.887. The Morgan fingerprint density at radius 2 is 2.46 bits per heavy atom. The summed E-state index contributed by atoms with van der Waals surface area (Å²) in [6.45, 7) is 2.08. The van der Waals surface area contributed by atoms with Crippen molar-refractivity contribution in [2.75, 3.05) is 20.3 Å². The molecule has 0 unspecified atom stereocenters. The quantitative estimate of drug-likeness (QED) is 0.683. The topological polar surface area (TPSA) is 58.2 Å². The number of methoxy groups -OCH3 is 1. The van der Waals surface area contributed by atoms with Gasteiger partial charge in [0, 0.05) is 13.7 Å². The number of nitrogens with one attached hydrogen (secondary N) is 1. The van der Waals surface area contributed by atoms with E-state index < -0.39 is 0 Å². The monoisotopic (exact) mass is 180 g/mol. The van der Waals surface area contributed by atoms with Gasteiger partial charge in [-0.1, -0.05) is 0 Å². The van der Waals surface area contributed by atoms with E-state index >= 15 is 0 Å². The Morgan fingerprint density at radius 1 is 1.62 bits per heavy atom. The van der Waals surface area contributed by atoms with Crippen molar-refractivity contribution in [2.24, 2.45) is 0 Å². The van der Waals surface area contributed by atoms with Gasteiger partial charge in [0.2, 0.25) is 5.76 Å². The standard InChI is InChI=1S/C9H12N2O2/c1-12-5-4-11-7-9-3-2-8(6-10)13-9/h2-3,11H,4-5,7H2,1H3. The minimum Gasteiger partial charge on any atom is -0.449 e. The van der Waals surface area contributed by atoms with E-state index in [4.69, 9.17) is 14.4 Å². The van der Waals surface area contributed by atoms with Gasteiger partial charge >= 0.3 is 0 Å². The Labute approximate surface area is 77.1 Å². The maximum Gasteiger partial charge on any atom is 0.203 e. The van der Waals surface area contributed by atoms with Gasteiger partial charge < -0.3 is 14.5 Å². The number of rotatable bonds is 5. The molecule has 70 valence electrons. The van der Waals surface area contributed by atoms with Crippen molar-refractivity contribution in [3.05, 3.63) is 23.7 Å². The normalized spacial score (nSPS) is 9.85. The van der Waals surface area contributed by atoms with E-state index in [0.717, 1.165) is 12.3 Å². The van der Waals surface area contributed by atoms with Crippen molar-refractivity contribution in [1.29, 1.82) is 5.26 Å². The molecule has 4 heteroatoms. The molecule has 13 heavy (non-hydrogen) atoms. The lowest BCUT2D eigenvalue weighted by atomic mass is 10.4. The van der Waals surface area contributed by atoms with Gasteiger partial charge in [0.1, 0.15) is 11.8 Å². The first-order valence-corrected chi connectivity index (χ1v) is 4.05. The summed E-state index contributed by atoms with van der Waals surface area (Å²) >= 11 is 0. The van der Waals surface area contributed by atoms with Crippen LogP contribution in [-0.2, 0) is 11.3 Å². The zero-order chi connectivity index (χ0) is 9.52. The summed E-state index contributed by atoms with van der Waals surface area (Å²) in [6.07, 6.45) is 0. The Kier molecular flexibility index (Phi) is 4.03. The average molecular weight is 180 g/mol. The van der Waals surface area contributed by atoms with Gasteiger partial charge in [0.05, 0.1) is 13.2 Å². The van der Waals surface area contributed by atoms with Crippen LogP contribution in [0.15, 0.2) is 16.5 Å². The molecule has 0 atom stereocenters. The first-order chi connectivity index (χ1) is 6.36. The largest absolute Gasteiger partial charge is 0.449 e. The fourth-order valence-corrected chi connectivity index (χ4v) is 0.919. The molecule has 0 aliphatic carbocycles. The summed E-state index contributed by atoms with van der Waals surface area (Å²) in [4.78, 5) is 0. The van der Waals surface area contributed by atoms with Crippen LogP contribution in [0.5, 0.6) is 0 Å². The number of nitriles is 1. The van der Waals surface area contributed by atoms with Crippen molar-refractivity contribution in [3.8, 4) is 6.07 Å². The molecule has 4 nitrogen and oxygen atoms in total. The minimum atomic E-state index is 0.351. The van der Waals surface area contributed by atoms with Crippen LogP contribution in [0.1, 0.15) is 11.5 Å². The van der Waals surface area contributed by atoms with Crippen LogP contribution in [0.3, 0.4) is 0 Å². The van der Waals surface area contributed by atoms with Crippen molar-refractivity contribution < 1.29 is 9.15 Å². The molecule has 1 aromatic heterocycles. The van der Waals surface area contributed by atoms with Crippen LogP contribution in [0, 0.1) is 11.3 Å². The minimum absolute atomic E-state index is 0.351. The second-order valence-electron chi connectivity index (χ2n) is 2.55.